The van der Waals surface area contributed by atoms with E-state index in [0.717, 1.165) is 12.2 Å². The van der Waals surface area contributed by atoms with Crippen LogP contribution in [0, 0.1) is 12.8 Å². The second kappa shape index (κ2) is 5.85. The quantitative estimate of drug-likeness (QED) is 0.897. The maximum absolute atomic E-state index is 12.2. The van der Waals surface area contributed by atoms with Crippen LogP contribution in [0.5, 0.6) is 0 Å². The fourth-order valence-corrected chi connectivity index (χ4v) is 2.07. The van der Waals surface area contributed by atoms with E-state index in [0.29, 0.717) is 17.4 Å². The second-order valence-corrected chi connectivity index (χ2v) is 5.15. The van der Waals surface area contributed by atoms with Crippen molar-refractivity contribution in [2.24, 2.45) is 13.0 Å². The van der Waals surface area contributed by atoms with Gasteiger partial charge in [0.25, 0.3) is 5.91 Å². The lowest BCUT2D eigenvalue weighted by Gasteiger charge is -2.19. The lowest BCUT2D eigenvalue weighted by atomic mass is 10.0. The maximum Gasteiger partial charge on any atom is 0.274 e. The number of carbonyl (C=O) groups excluding carboxylic acids is 1. The van der Waals surface area contributed by atoms with Crippen LogP contribution in [-0.2, 0) is 7.05 Å². The fourth-order valence-electron chi connectivity index (χ4n) is 2.07. The molecule has 0 aromatic carbocycles. The van der Waals surface area contributed by atoms with Crippen molar-refractivity contribution in [3.63, 3.8) is 0 Å². The average Bonchev–Trinajstić information content (AvgIpc) is 2.96. The summed E-state index contributed by atoms with van der Waals surface area (Å²) < 4.78 is 6.73. The van der Waals surface area contributed by atoms with Gasteiger partial charge in [0.15, 0.2) is 12.1 Å². The number of oxazole rings is 1. The van der Waals surface area contributed by atoms with Crippen molar-refractivity contribution in [2.45, 2.75) is 33.2 Å². The Hall–Kier alpha value is -2.18. The predicted octanol–water partition coefficient (Wildman–Crippen LogP) is 1.63. The normalized spacial score (nSPS) is 12.7. The van der Waals surface area contributed by atoms with Gasteiger partial charge in [0.2, 0.25) is 0 Å². The summed E-state index contributed by atoms with van der Waals surface area (Å²) in [6, 6.07) is -0.203. The molecule has 1 unspecified atom stereocenters. The van der Waals surface area contributed by atoms with Crippen LogP contribution in [0.3, 0.4) is 0 Å². The van der Waals surface area contributed by atoms with Crippen LogP contribution in [0.15, 0.2) is 17.1 Å². The van der Waals surface area contributed by atoms with Crippen molar-refractivity contribution in [3.05, 3.63) is 30.0 Å². The van der Waals surface area contributed by atoms with Crippen molar-refractivity contribution < 1.29 is 9.21 Å². The lowest BCUT2D eigenvalue weighted by molar-refractivity contribution is 0.0923. The highest BCUT2D eigenvalue weighted by Gasteiger charge is 2.23. The van der Waals surface area contributed by atoms with E-state index in [9.17, 15) is 4.79 Å². The number of rotatable bonds is 5. The Balaban J connectivity index is 2.19. The van der Waals surface area contributed by atoms with Crippen molar-refractivity contribution in [2.75, 3.05) is 0 Å². The Morgan fingerprint density at radius 1 is 1.45 bits per heavy atom. The van der Waals surface area contributed by atoms with Crippen LogP contribution in [0.1, 0.15) is 48.4 Å². The van der Waals surface area contributed by atoms with Gasteiger partial charge in [-0.15, -0.1) is 0 Å². The molecule has 0 saturated heterocycles. The van der Waals surface area contributed by atoms with Crippen molar-refractivity contribution in [3.8, 4) is 0 Å². The summed E-state index contributed by atoms with van der Waals surface area (Å²) in [5.74, 6) is 1.39. The second-order valence-electron chi connectivity index (χ2n) is 5.15. The zero-order valence-electron chi connectivity index (χ0n) is 12.1. The van der Waals surface area contributed by atoms with Crippen molar-refractivity contribution in [1.82, 2.24) is 25.1 Å². The van der Waals surface area contributed by atoms with Gasteiger partial charge in [-0.1, -0.05) is 13.8 Å². The van der Waals surface area contributed by atoms with Gasteiger partial charge in [-0.2, -0.15) is 5.10 Å². The number of amides is 1. The highest BCUT2D eigenvalue weighted by molar-refractivity contribution is 5.93. The van der Waals surface area contributed by atoms with Crippen LogP contribution in [0.25, 0.3) is 0 Å². The van der Waals surface area contributed by atoms with Gasteiger partial charge in [-0.05, 0) is 19.3 Å². The third-order valence-electron chi connectivity index (χ3n) is 3.03. The number of nitrogens with zero attached hydrogens (tertiary/aromatic N) is 4. The summed E-state index contributed by atoms with van der Waals surface area (Å²) >= 11 is 0. The molecule has 7 nitrogen and oxygen atoms in total. The summed E-state index contributed by atoms with van der Waals surface area (Å²) in [5, 5.41) is 7.00. The third kappa shape index (κ3) is 3.04. The highest BCUT2D eigenvalue weighted by atomic mass is 16.3. The molecule has 0 aliphatic heterocycles. The molecule has 0 spiro atoms. The SMILES string of the molecule is Cc1ocnc1C(=O)NC(CC(C)C)c1ncnn1C. The Labute approximate surface area is 117 Å². The zero-order valence-corrected chi connectivity index (χ0v) is 12.1. The van der Waals surface area contributed by atoms with Crippen LogP contribution in [-0.4, -0.2) is 25.7 Å². The summed E-state index contributed by atoms with van der Waals surface area (Å²) in [6.45, 7) is 5.90. The van der Waals surface area contributed by atoms with E-state index in [1.54, 1.807) is 11.6 Å². The maximum atomic E-state index is 12.2. The average molecular weight is 277 g/mol. The molecule has 0 radical (unpaired) electrons. The molecule has 108 valence electrons. The number of carbonyl (C=O) groups is 1. The monoisotopic (exact) mass is 277 g/mol. The predicted molar refractivity (Wildman–Crippen MR) is 71.9 cm³/mol. The van der Waals surface area contributed by atoms with E-state index in [1.165, 1.54) is 12.7 Å². The van der Waals surface area contributed by atoms with Crippen LogP contribution < -0.4 is 5.32 Å². The standard InChI is InChI=1S/C13H19N5O2/c1-8(2)5-10(12-14-6-16-18(12)4)17-13(19)11-9(3)20-7-15-11/h6-8,10H,5H2,1-4H3,(H,17,19). The first-order valence-corrected chi connectivity index (χ1v) is 6.54. The van der Waals surface area contributed by atoms with Gasteiger partial charge in [0, 0.05) is 7.05 Å². The van der Waals surface area contributed by atoms with Crippen molar-refractivity contribution >= 4 is 5.91 Å². The molecule has 7 heteroatoms. The Morgan fingerprint density at radius 3 is 2.70 bits per heavy atom. The first kappa shape index (κ1) is 14.2. The topological polar surface area (TPSA) is 85.8 Å². The zero-order chi connectivity index (χ0) is 14.7. The van der Waals surface area contributed by atoms with E-state index in [-0.39, 0.29) is 11.9 Å². The van der Waals surface area contributed by atoms with Crippen LogP contribution in [0.2, 0.25) is 0 Å². The van der Waals surface area contributed by atoms with Crippen LogP contribution >= 0.6 is 0 Å². The first-order chi connectivity index (χ1) is 9.49. The Kier molecular flexibility index (Phi) is 4.16. The summed E-state index contributed by atoms with van der Waals surface area (Å²) in [6.07, 6.45) is 3.52. The Bertz CT molecular complexity index is 587. The molecule has 2 aromatic rings. The van der Waals surface area contributed by atoms with E-state index < -0.39 is 0 Å². The number of hydrogen-bond acceptors (Lipinski definition) is 5. The molecule has 0 aliphatic carbocycles. The van der Waals surface area contributed by atoms with E-state index in [1.807, 2.05) is 7.05 Å². The molecule has 0 fully saturated rings. The molecule has 1 N–H and O–H groups in total. The largest absolute Gasteiger partial charge is 0.448 e. The number of nitrogens with one attached hydrogen (secondary N) is 1. The molecule has 2 heterocycles. The fraction of sp³-hybridized carbons (Fsp3) is 0.538. The molecule has 20 heavy (non-hydrogen) atoms. The highest BCUT2D eigenvalue weighted by Crippen LogP contribution is 2.19. The summed E-state index contributed by atoms with van der Waals surface area (Å²) in [5.41, 5.74) is 0.306. The molecule has 1 amide bonds. The molecular weight excluding hydrogens is 258 g/mol. The molecule has 0 bridgehead atoms. The molecule has 1 atom stereocenters. The minimum absolute atomic E-state index is 0.203. The van der Waals surface area contributed by atoms with E-state index >= 15 is 0 Å². The van der Waals surface area contributed by atoms with E-state index in [2.05, 4.69) is 34.2 Å². The summed E-state index contributed by atoms with van der Waals surface area (Å²) in [7, 11) is 1.81. The molecule has 2 aromatic heterocycles. The number of aromatic nitrogens is 4. The number of hydrogen-bond donors (Lipinski definition) is 1. The van der Waals surface area contributed by atoms with E-state index in [4.69, 9.17) is 4.42 Å². The van der Waals surface area contributed by atoms with Gasteiger partial charge in [0.05, 0.1) is 6.04 Å². The number of aryl methyl sites for hydroxylation is 2. The summed E-state index contributed by atoms with van der Waals surface area (Å²) in [4.78, 5) is 20.4. The van der Waals surface area contributed by atoms with Gasteiger partial charge < -0.3 is 9.73 Å². The minimum atomic E-state index is -0.259. The first-order valence-electron chi connectivity index (χ1n) is 6.54. The van der Waals surface area contributed by atoms with Gasteiger partial charge in [-0.25, -0.2) is 9.97 Å². The van der Waals surface area contributed by atoms with Crippen LogP contribution in [0.4, 0.5) is 0 Å². The minimum Gasteiger partial charge on any atom is -0.448 e. The van der Waals surface area contributed by atoms with Gasteiger partial charge >= 0.3 is 0 Å². The third-order valence-corrected chi connectivity index (χ3v) is 3.03. The smallest absolute Gasteiger partial charge is 0.274 e. The van der Waals surface area contributed by atoms with Gasteiger partial charge in [0.1, 0.15) is 17.9 Å². The lowest BCUT2D eigenvalue weighted by Crippen LogP contribution is -2.32. The Morgan fingerprint density at radius 2 is 2.20 bits per heavy atom. The van der Waals surface area contributed by atoms with Crippen molar-refractivity contribution in [1.29, 1.82) is 0 Å². The molecule has 0 saturated carbocycles. The molecule has 0 aliphatic rings. The van der Waals surface area contributed by atoms with Gasteiger partial charge in [-0.3, -0.25) is 9.48 Å². The molecule has 2 rings (SSSR count). The molecular formula is C13H19N5O2.